The van der Waals surface area contributed by atoms with E-state index in [0.717, 1.165) is 5.57 Å². The lowest BCUT2D eigenvalue weighted by molar-refractivity contribution is 0.131. The molecule has 0 aromatic heterocycles. The molecule has 0 fully saturated rings. The highest BCUT2D eigenvalue weighted by molar-refractivity contribution is 5.69. The number of nitrogens with zero attached hydrogens (tertiary/aromatic N) is 1. The number of carbonyl (C=O) groups excluding carboxylic acids is 1. The molecule has 0 rings (SSSR count). The number of amides is 1. The molecule has 0 radical (unpaired) electrons. The third-order valence-corrected chi connectivity index (χ3v) is 1.46. The Bertz CT molecular complexity index is 219. The first-order valence-corrected chi connectivity index (χ1v) is 4.19. The van der Waals surface area contributed by atoms with E-state index in [0.29, 0.717) is 0 Å². The molecule has 1 amide bonds. The van der Waals surface area contributed by atoms with Gasteiger partial charge in [0.25, 0.3) is 0 Å². The number of rotatable bonds is 3. The molecule has 0 atom stereocenters. The van der Waals surface area contributed by atoms with Crippen molar-refractivity contribution in [2.24, 2.45) is 0 Å². The monoisotopic (exact) mass is 183 g/mol. The van der Waals surface area contributed by atoms with Crippen LogP contribution in [0.15, 0.2) is 24.4 Å². The summed E-state index contributed by atoms with van der Waals surface area (Å²) in [5, 5.41) is 0. The Hall–Kier alpha value is -1.25. The van der Waals surface area contributed by atoms with E-state index in [2.05, 4.69) is 11.3 Å². The van der Waals surface area contributed by atoms with Crippen LogP contribution in [-0.4, -0.2) is 24.1 Å². The summed E-state index contributed by atoms with van der Waals surface area (Å²) in [6, 6.07) is 0.0862. The van der Waals surface area contributed by atoms with Gasteiger partial charge in [-0.3, -0.25) is 4.90 Å². The number of methoxy groups -OCH3 is 1. The molecule has 13 heavy (non-hydrogen) atoms. The van der Waals surface area contributed by atoms with Gasteiger partial charge in [-0.1, -0.05) is 12.2 Å². The molecule has 0 aliphatic carbocycles. The van der Waals surface area contributed by atoms with Crippen molar-refractivity contribution in [3.63, 3.8) is 0 Å². The second kappa shape index (κ2) is 5.41. The van der Waals surface area contributed by atoms with Crippen LogP contribution < -0.4 is 0 Å². The molecule has 3 nitrogen and oxygen atoms in total. The lowest BCUT2D eigenvalue weighted by Crippen LogP contribution is -2.31. The predicted octanol–water partition coefficient (Wildman–Crippen LogP) is 2.55. The minimum absolute atomic E-state index is 0.0862. The maximum Gasteiger partial charge on any atom is 0.413 e. The average molecular weight is 183 g/mol. The maximum atomic E-state index is 11.2. The summed E-state index contributed by atoms with van der Waals surface area (Å²) >= 11 is 0. The van der Waals surface area contributed by atoms with Crippen molar-refractivity contribution in [2.45, 2.75) is 26.8 Å². The Balaban J connectivity index is 4.44. The molecule has 0 N–H and O–H groups in total. The van der Waals surface area contributed by atoms with Gasteiger partial charge in [-0.25, -0.2) is 4.79 Å². The molecule has 0 saturated heterocycles. The van der Waals surface area contributed by atoms with Crippen LogP contribution in [0.25, 0.3) is 0 Å². The Kier molecular flexibility index (Phi) is 4.89. The summed E-state index contributed by atoms with van der Waals surface area (Å²) in [6.45, 7) is 9.41. The Morgan fingerprint density at radius 1 is 1.54 bits per heavy atom. The van der Waals surface area contributed by atoms with Gasteiger partial charge in [-0.05, 0) is 26.8 Å². The highest BCUT2D eigenvalue weighted by atomic mass is 16.5. The molecule has 0 heterocycles. The van der Waals surface area contributed by atoms with Gasteiger partial charge in [0.15, 0.2) is 0 Å². The van der Waals surface area contributed by atoms with Crippen LogP contribution in [0.3, 0.4) is 0 Å². The van der Waals surface area contributed by atoms with Gasteiger partial charge in [0.05, 0.1) is 7.11 Å². The molecule has 0 aliphatic heterocycles. The zero-order chi connectivity index (χ0) is 10.4. The molecule has 3 heteroatoms. The molecule has 0 aliphatic rings. The number of hydrogen-bond donors (Lipinski definition) is 0. The number of allylic oxidation sites excluding steroid dienone is 2. The molecular weight excluding hydrogens is 166 g/mol. The fourth-order valence-electron chi connectivity index (χ4n) is 0.757. The minimum Gasteiger partial charge on any atom is -0.452 e. The van der Waals surface area contributed by atoms with E-state index in [1.165, 1.54) is 12.0 Å². The van der Waals surface area contributed by atoms with E-state index in [1.54, 1.807) is 12.3 Å². The van der Waals surface area contributed by atoms with E-state index in [4.69, 9.17) is 0 Å². The SMILES string of the molecule is C=C(C)C=CN(C(=O)OC)C(C)C. The summed E-state index contributed by atoms with van der Waals surface area (Å²) in [5.41, 5.74) is 0.898. The highest BCUT2D eigenvalue weighted by Gasteiger charge is 2.13. The van der Waals surface area contributed by atoms with Crippen molar-refractivity contribution in [2.75, 3.05) is 7.11 Å². The molecule has 0 unspecified atom stereocenters. The van der Waals surface area contributed by atoms with Gasteiger partial charge in [0.1, 0.15) is 0 Å². The molecule has 74 valence electrons. The van der Waals surface area contributed by atoms with Gasteiger partial charge in [0, 0.05) is 12.2 Å². The fraction of sp³-hybridized carbons (Fsp3) is 0.500. The molecule has 0 aromatic carbocycles. The normalized spacial score (nSPS) is 10.5. The molecule has 0 bridgehead atoms. The fourth-order valence-corrected chi connectivity index (χ4v) is 0.757. The molecule has 0 spiro atoms. The predicted molar refractivity (Wildman–Crippen MR) is 53.3 cm³/mol. The standard InChI is InChI=1S/C10H17NO2/c1-8(2)6-7-11(9(3)4)10(12)13-5/h6-7,9H,1H2,2-5H3. The average Bonchev–Trinajstić information content (AvgIpc) is 2.03. The number of hydrogen-bond acceptors (Lipinski definition) is 2. The quantitative estimate of drug-likeness (QED) is 0.629. The zero-order valence-electron chi connectivity index (χ0n) is 8.70. The van der Waals surface area contributed by atoms with Crippen LogP contribution in [0, 0.1) is 0 Å². The molecule has 0 aromatic rings. The second-order valence-electron chi connectivity index (χ2n) is 3.13. The lowest BCUT2D eigenvalue weighted by Gasteiger charge is -2.20. The lowest BCUT2D eigenvalue weighted by atomic mass is 10.3. The Morgan fingerprint density at radius 2 is 2.08 bits per heavy atom. The van der Waals surface area contributed by atoms with Crippen LogP contribution in [-0.2, 0) is 4.74 Å². The van der Waals surface area contributed by atoms with Crippen LogP contribution in [0.1, 0.15) is 20.8 Å². The van der Waals surface area contributed by atoms with Crippen molar-refractivity contribution >= 4 is 6.09 Å². The highest BCUT2D eigenvalue weighted by Crippen LogP contribution is 2.03. The topological polar surface area (TPSA) is 29.5 Å². The van der Waals surface area contributed by atoms with Gasteiger partial charge < -0.3 is 4.74 Å². The Morgan fingerprint density at radius 3 is 2.38 bits per heavy atom. The van der Waals surface area contributed by atoms with Crippen LogP contribution in [0.5, 0.6) is 0 Å². The van der Waals surface area contributed by atoms with E-state index in [9.17, 15) is 4.79 Å². The largest absolute Gasteiger partial charge is 0.452 e. The summed E-state index contributed by atoms with van der Waals surface area (Å²) in [7, 11) is 1.37. The molecular formula is C10H17NO2. The van der Waals surface area contributed by atoms with E-state index in [1.807, 2.05) is 20.8 Å². The van der Waals surface area contributed by atoms with Gasteiger partial charge in [-0.2, -0.15) is 0 Å². The van der Waals surface area contributed by atoms with Gasteiger partial charge >= 0.3 is 6.09 Å². The Labute approximate surface area is 79.7 Å². The van der Waals surface area contributed by atoms with Crippen LogP contribution in [0.4, 0.5) is 4.79 Å². The van der Waals surface area contributed by atoms with Gasteiger partial charge in [0.2, 0.25) is 0 Å². The summed E-state index contributed by atoms with van der Waals surface area (Å²) in [4.78, 5) is 12.7. The first kappa shape index (κ1) is 11.8. The van der Waals surface area contributed by atoms with Crippen molar-refractivity contribution in [1.29, 1.82) is 0 Å². The second-order valence-corrected chi connectivity index (χ2v) is 3.13. The minimum atomic E-state index is -0.354. The van der Waals surface area contributed by atoms with Crippen LogP contribution in [0.2, 0.25) is 0 Å². The third kappa shape index (κ3) is 4.35. The summed E-state index contributed by atoms with van der Waals surface area (Å²) in [6.07, 6.45) is 3.10. The van der Waals surface area contributed by atoms with Crippen molar-refractivity contribution < 1.29 is 9.53 Å². The third-order valence-electron chi connectivity index (χ3n) is 1.46. The first-order valence-electron chi connectivity index (χ1n) is 4.19. The number of ether oxygens (including phenoxy) is 1. The molecule has 0 saturated carbocycles. The zero-order valence-corrected chi connectivity index (χ0v) is 8.70. The van der Waals surface area contributed by atoms with E-state index in [-0.39, 0.29) is 12.1 Å². The van der Waals surface area contributed by atoms with Crippen LogP contribution >= 0.6 is 0 Å². The first-order chi connectivity index (χ1) is 5.99. The van der Waals surface area contributed by atoms with Crippen molar-refractivity contribution in [3.8, 4) is 0 Å². The number of carbonyl (C=O) groups is 1. The van der Waals surface area contributed by atoms with Crippen molar-refractivity contribution in [3.05, 3.63) is 24.4 Å². The maximum absolute atomic E-state index is 11.2. The van der Waals surface area contributed by atoms with E-state index >= 15 is 0 Å². The van der Waals surface area contributed by atoms with E-state index < -0.39 is 0 Å². The summed E-state index contributed by atoms with van der Waals surface area (Å²) < 4.78 is 4.61. The van der Waals surface area contributed by atoms with Gasteiger partial charge in [-0.15, -0.1) is 0 Å². The van der Waals surface area contributed by atoms with Crippen molar-refractivity contribution in [1.82, 2.24) is 4.90 Å². The summed E-state index contributed by atoms with van der Waals surface area (Å²) in [5.74, 6) is 0. The smallest absolute Gasteiger partial charge is 0.413 e.